The number of anilines is 1. The van der Waals surface area contributed by atoms with Gasteiger partial charge in [-0.1, -0.05) is 0 Å². The predicted octanol–water partition coefficient (Wildman–Crippen LogP) is -0.242. The van der Waals surface area contributed by atoms with Gasteiger partial charge in [0.1, 0.15) is 29.7 Å². The number of aliphatic hydroxyl groups is 2. The molecule has 9 heteroatoms. The Labute approximate surface area is 137 Å². The summed E-state index contributed by atoms with van der Waals surface area (Å²) in [7, 11) is 0. The van der Waals surface area contributed by atoms with Crippen molar-refractivity contribution in [3.8, 4) is 0 Å². The van der Waals surface area contributed by atoms with E-state index in [9.17, 15) is 10.2 Å². The van der Waals surface area contributed by atoms with E-state index in [0.29, 0.717) is 11.2 Å². The van der Waals surface area contributed by atoms with Gasteiger partial charge in [0.25, 0.3) is 0 Å². The highest BCUT2D eigenvalue weighted by Crippen LogP contribution is 2.55. The van der Waals surface area contributed by atoms with Crippen LogP contribution in [0.15, 0.2) is 18.5 Å². The minimum Gasteiger partial charge on any atom is -0.394 e. The van der Waals surface area contributed by atoms with Gasteiger partial charge in [0.05, 0.1) is 6.61 Å². The van der Waals surface area contributed by atoms with Crippen molar-refractivity contribution in [3.63, 3.8) is 0 Å². The molecule has 0 aliphatic carbocycles. The molecule has 2 aliphatic rings. The smallest absolute Gasteiger partial charge is 0.243 e. The minimum absolute atomic E-state index is 0.280. The molecule has 0 bridgehead atoms. The van der Waals surface area contributed by atoms with Crippen molar-refractivity contribution in [2.75, 3.05) is 12.3 Å². The van der Waals surface area contributed by atoms with Crippen molar-refractivity contribution in [2.24, 2.45) is 0 Å². The van der Waals surface area contributed by atoms with Crippen molar-refractivity contribution < 1.29 is 24.4 Å². The number of nitrogen functional groups attached to an aromatic ring is 1. The molecule has 1 unspecified atom stereocenters. The van der Waals surface area contributed by atoms with Gasteiger partial charge < -0.3 is 30.2 Å². The fourth-order valence-corrected chi connectivity index (χ4v) is 3.76. The molecule has 0 spiro atoms. The topological polar surface area (TPSA) is 124 Å². The third kappa shape index (κ3) is 1.81. The van der Waals surface area contributed by atoms with Crippen LogP contribution in [-0.4, -0.2) is 55.0 Å². The third-order valence-corrected chi connectivity index (χ3v) is 4.75. The number of aliphatic hydroxyl groups excluding tert-OH is 1. The summed E-state index contributed by atoms with van der Waals surface area (Å²) in [5.74, 6) is -2.53. The molecule has 4 rings (SSSR count). The van der Waals surface area contributed by atoms with E-state index in [4.69, 9.17) is 19.9 Å². The van der Waals surface area contributed by atoms with Crippen LogP contribution >= 0.6 is 0 Å². The van der Waals surface area contributed by atoms with Crippen LogP contribution in [0.3, 0.4) is 0 Å². The zero-order valence-electron chi connectivity index (χ0n) is 13.6. The molecule has 2 saturated heterocycles. The number of nitrogens with two attached hydrogens (primary N) is 1. The zero-order chi connectivity index (χ0) is 17.3. The van der Waals surface area contributed by atoms with Crippen molar-refractivity contribution in [1.82, 2.24) is 14.6 Å². The first-order chi connectivity index (χ1) is 11.2. The van der Waals surface area contributed by atoms with E-state index in [2.05, 4.69) is 10.1 Å². The minimum atomic E-state index is -1.88. The lowest BCUT2D eigenvalue weighted by atomic mass is 9.88. The van der Waals surface area contributed by atoms with Crippen LogP contribution in [0.4, 0.5) is 5.82 Å². The molecular weight excluding hydrogens is 316 g/mol. The van der Waals surface area contributed by atoms with E-state index in [1.54, 1.807) is 32.9 Å². The second-order valence-electron chi connectivity index (χ2n) is 6.79. The van der Waals surface area contributed by atoms with E-state index in [1.807, 2.05) is 0 Å². The molecule has 9 nitrogen and oxygen atoms in total. The van der Waals surface area contributed by atoms with Gasteiger partial charge in [0.2, 0.25) is 5.79 Å². The summed E-state index contributed by atoms with van der Waals surface area (Å²) in [5, 5.41) is 25.3. The lowest BCUT2D eigenvalue weighted by molar-refractivity contribution is -0.311. The van der Waals surface area contributed by atoms with Crippen LogP contribution in [-0.2, 0) is 20.0 Å². The summed E-state index contributed by atoms with van der Waals surface area (Å²) in [6, 6.07) is 3.34. The number of hydrogen-bond donors (Lipinski definition) is 3. The molecule has 4 heterocycles. The molecule has 0 amide bonds. The third-order valence-electron chi connectivity index (χ3n) is 4.75. The molecule has 2 aromatic heterocycles. The SMILES string of the molecule is CC1(C)O[C@@H]2[C@@H](CO)OC(O)(c3ccc4c(N)ncnn34)[C@]2(C)O1. The van der Waals surface area contributed by atoms with Gasteiger partial charge in [0.15, 0.2) is 17.2 Å². The number of aromatic nitrogens is 3. The van der Waals surface area contributed by atoms with Gasteiger partial charge in [-0.05, 0) is 32.9 Å². The highest BCUT2D eigenvalue weighted by molar-refractivity contribution is 5.65. The van der Waals surface area contributed by atoms with Gasteiger partial charge in [0, 0.05) is 0 Å². The first-order valence-electron chi connectivity index (χ1n) is 7.69. The van der Waals surface area contributed by atoms with Crippen LogP contribution in [0.25, 0.3) is 5.52 Å². The first-order valence-corrected chi connectivity index (χ1v) is 7.69. The molecule has 4 N–H and O–H groups in total. The Morgan fingerprint density at radius 1 is 1.29 bits per heavy atom. The van der Waals surface area contributed by atoms with Crippen molar-refractivity contribution in [1.29, 1.82) is 0 Å². The van der Waals surface area contributed by atoms with Gasteiger partial charge in [-0.25, -0.2) is 9.50 Å². The van der Waals surface area contributed by atoms with E-state index in [1.165, 1.54) is 10.8 Å². The van der Waals surface area contributed by atoms with Crippen LogP contribution in [0.5, 0.6) is 0 Å². The summed E-state index contributed by atoms with van der Waals surface area (Å²) >= 11 is 0. The summed E-state index contributed by atoms with van der Waals surface area (Å²) in [6.07, 6.45) is -0.0950. The lowest BCUT2D eigenvalue weighted by Crippen LogP contribution is -2.52. The molecule has 130 valence electrons. The van der Waals surface area contributed by atoms with Crippen molar-refractivity contribution in [3.05, 3.63) is 24.2 Å². The average Bonchev–Trinajstić information content (AvgIpc) is 3.10. The van der Waals surface area contributed by atoms with E-state index < -0.39 is 29.4 Å². The molecular formula is C15H20N4O5. The van der Waals surface area contributed by atoms with E-state index >= 15 is 0 Å². The van der Waals surface area contributed by atoms with Crippen LogP contribution in [0.2, 0.25) is 0 Å². The van der Waals surface area contributed by atoms with Crippen LogP contribution < -0.4 is 5.73 Å². The maximum absolute atomic E-state index is 11.4. The maximum Gasteiger partial charge on any atom is 0.243 e. The van der Waals surface area contributed by atoms with Crippen LogP contribution in [0, 0.1) is 0 Å². The molecule has 2 aromatic rings. The zero-order valence-corrected chi connectivity index (χ0v) is 13.6. The number of rotatable bonds is 2. The lowest BCUT2D eigenvalue weighted by Gasteiger charge is -2.36. The van der Waals surface area contributed by atoms with Gasteiger partial charge in [-0.15, -0.1) is 0 Å². The van der Waals surface area contributed by atoms with E-state index in [-0.39, 0.29) is 12.4 Å². The second-order valence-corrected chi connectivity index (χ2v) is 6.79. The predicted molar refractivity (Wildman–Crippen MR) is 81.7 cm³/mol. The second kappa shape index (κ2) is 4.64. The quantitative estimate of drug-likeness (QED) is 0.686. The molecule has 4 atom stereocenters. The fourth-order valence-electron chi connectivity index (χ4n) is 3.76. The number of fused-ring (bicyclic) bond motifs is 2. The molecule has 0 aromatic carbocycles. The molecule has 0 radical (unpaired) electrons. The monoisotopic (exact) mass is 336 g/mol. The molecule has 0 saturated carbocycles. The van der Waals surface area contributed by atoms with E-state index in [0.717, 1.165) is 0 Å². The Bertz CT molecular complexity index is 808. The average molecular weight is 336 g/mol. The highest BCUT2D eigenvalue weighted by atomic mass is 16.8. The maximum atomic E-state index is 11.4. The Morgan fingerprint density at radius 3 is 2.75 bits per heavy atom. The summed E-state index contributed by atoms with van der Waals surface area (Å²) in [5.41, 5.74) is 5.49. The highest BCUT2D eigenvalue weighted by Gasteiger charge is 2.72. The number of hydrogen-bond acceptors (Lipinski definition) is 8. The standard InChI is InChI=1S/C15H20N4O5/c1-13(2)23-11-9(6-20)22-15(21,14(11,3)24-13)10-5-4-8-12(16)17-7-18-19(8)10/h4-5,7,9,11,20-21H,6H2,1-3H3,(H2,16,17,18)/t9-,11-,14-,15?/m1/s1. The van der Waals surface area contributed by atoms with Crippen LogP contribution in [0.1, 0.15) is 26.5 Å². The molecule has 24 heavy (non-hydrogen) atoms. The fraction of sp³-hybridized carbons (Fsp3) is 0.600. The number of nitrogens with zero attached hydrogens (tertiary/aromatic N) is 3. The summed E-state index contributed by atoms with van der Waals surface area (Å²) in [6.45, 7) is 4.89. The Kier molecular flexibility index (Phi) is 3.04. The first kappa shape index (κ1) is 15.7. The van der Waals surface area contributed by atoms with Crippen molar-refractivity contribution >= 4 is 11.3 Å². The van der Waals surface area contributed by atoms with Gasteiger partial charge in [-0.2, -0.15) is 5.10 Å². The van der Waals surface area contributed by atoms with Gasteiger partial charge >= 0.3 is 0 Å². The summed E-state index contributed by atoms with van der Waals surface area (Å²) in [4.78, 5) is 3.94. The van der Waals surface area contributed by atoms with Crippen molar-refractivity contribution in [2.45, 2.75) is 50.2 Å². The summed E-state index contributed by atoms with van der Waals surface area (Å²) < 4.78 is 19.1. The largest absolute Gasteiger partial charge is 0.394 e. The number of ether oxygens (including phenoxy) is 3. The Balaban J connectivity index is 1.91. The van der Waals surface area contributed by atoms with Gasteiger partial charge in [-0.3, -0.25) is 0 Å². The Morgan fingerprint density at radius 2 is 2.04 bits per heavy atom. The molecule has 2 fully saturated rings. The molecule has 2 aliphatic heterocycles. The Hall–Kier alpha value is -1.78. The normalized spacial score (nSPS) is 37.9.